The maximum absolute atomic E-state index is 13.0. The lowest BCUT2D eigenvalue weighted by atomic mass is 9.85. The van der Waals surface area contributed by atoms with Crippen molar-refractivity contribution in [1.82, 2.24) is 10.2 Å². The fourth-order valence-electron chi connectivity index (χ4n) is 3.93. The maximum atomic E-state index is 13.0. The number of esters is 1. The quantitative estimate of drug-likeness (QED) is 0.759. The topological polar surface area (TPSA) is 75.7 Å². The maximum Gasteiger partial charge on any atom is 0.471 e. The number of amides is 2. The fourth-order valence-corrected chi connectivity index (χ4v) is 3.93. The molecule has 0 aromatic rings. The Kier molecular flexibility index (Phi) is 4.83. The lowest BCUT2D eigenvalue weighted by molar-refractivity contribution is -0.176. The van der Waals surface area contributed by atoms with Crippen molar-refractivity contribution in [2.45, 2.75) is 52.9 Å². The molecule has 2 fully saturated rings. The third-order valence-corrected chi connectivity index (χ3v) is 5.58. The first kappa shape index (κ1) is 20.5. The van der Waals surface area contributed by atoms with E-state index < -0.39 is 41.5 Å². The molecule has 2 aliphatic rings. The van der Waals surface area contributed by atoms with Gasteiger partial charge in [-0.3, -0.25) is 9.59 Å². The van der Waals surface area contributed by atoms with E-state index in [0.717, 1.165) is 0 Å². The highest BCUT2D eigenvalue weighted by molar-refractivity contribution is 5.93. The Hall–Kier alpha value is -1.80. The number of hydrogen-bond donors (Lipinski definition) is 1. The Bertz CT molecular complexity index is 624. The van der Waals surface area contributed by atoms with Crippen LogP contribution in [-0.4, -0.2) is 54.6 Å². The third kappa shape index (κ3) is 3.40. The van der Waals surface area contributed by atoms with Crippen LogP contribution in [0.4, 0.5) is 13.2 Å². The number of nitrogens with zero attached hydrogens (tertiary/aromatic N) is 1. The van der Waals surface area contributed by atoms with Crippen molar-refractivity contribution in [2.75, 3.05) is 13.7 Å². The molecule has 0 aromatic carbocycles. The van der Waals surface area contributed by atoms with Crippen molar-refractivity contribution >= 4 is 17.8 Å². The van der Waals surface area contributed by atoms with Gasteiger partial charge < -0.3 is 15.0 Å². The standard InChI is InChI=1S/C17H25F3N2O4/c1-15(2,3)11(21-14(25)17(18,19)20)12(23)22-7-8-9(16(8,4)5)10(22)13(24)26-6/h8-11H,7H2,1-6H3,(H,21,25)/t8-,9?,10?,11+/m0/s1. The number of halogens is 3. The van der Waals surface area contributed by atoms with Crippen molar-refractivity contribution in [3.05, 3.63) is 0 Å². The Morgan fingerprint density at radius 3 is 2.15 bits per heavy atom. The molecule has 2 unspecified atom stereocenters. The third-order valence-electron chi connectivity index (χ3n) is 5.58. The Balaban J connectivity index is 2.28. The van der Waals surface area contributed by atoms with E-state index in [2.05, 4.69) is 0 Å². The van der Waals surface area contributed by atoms with E-state index in [-0.39, 0.29) is 23.8 Å². The summed E-state index contributed by atoms with van der Waals surface area (Å²) >= 11 is 0. The molecule has 9 heteroatoms. The van der Waals surface area contributed by atoms with Gasteiger partial charge in [-0.15, -0.1) is 0 Å². The van der Waals surface area contributed by atoms with Gasteiger partial charge in [-0.1, -0.05) is 34.6 Å². The van der Waals surface area contributed by atoms with Gasteiger partial charge in [-0.25, -0.2) is 4.79 Å². The molecule has 0 radical (unpaired) electrons. The van der Waals surface area contributed by atoms with E-state index in [1.165, 1.54) is 12.0 Å². The summed E-state index contributed by atoms with van der Waals surface area (Å²) in [6, 6.07) is -2.26. The number of ether oxygens (including phenoxy) is 1. The summed E-state index contributed by atoms with van der Waals surface area (Å²) in [6.07, 6.45) is -5.10. The molecule has 2 amide bonds. The first-order valence-electron chi connectivity index (χ1n) is 8.40. The van der Waals surface area contributed by atoms with Gasteiger partial charge in [0, 0.05) is 12.5 Å². The van der Waals surface area contributed by atoms with Gasteiger partial charge in [-0.2, -0.15) is 13.2 Å². The molecule has 0 aromatic heterocycles. The molecule has 1 N–H and O–H groups in total. The Morgan fingerprint density at radius 2 is 1.73 bits per heavy atom. The van der Waals surface area contributed by atoms with Gasteiger partial charge in [0.1, 0.15) is 12.1 Å². The number of alkyl halides is 3. The van der Waals surface area contributed by atoms with Crippen LogP contribution in [0, 0.1) is 22.7 Å². The second kappa shape index (κ2) is 6.13. The fraction of sp³-hybridized carbons (Fsp3) is 0.824. The molecule has 1 aliphatic heterocycles. The minimum absolute atomic E-state index is 0.0782. The predicted octanol–water partition coefficient (Wildman–Crippen LogP) is 1.74. The largest absolute Gasteiger partial charge is 0.471 e. The van der Waals surface area contributed by atoms with Gasteiger partial charge >= 0.3 is 18.1 Å². The average molecular weight is 378 g/mol. The molecular formula is C17H25F3N2O4. The zero-order valence-corrected chi connectivity index (χ0v) is 15.7. The van der Waals surface area contributed by atoms with Crippen molar-refractivity contribution in [1.29, 1.82) is 0 Å². The van der Waals surface area contributed by atoms with Crippen LogP contribution in [0.15, 0.2) is 0 Å². The van der Waals surface area contributed by atoms with Gasteiger partial charge in [0.25, 0.3) is 0 Å². The van der Waals surface area contributed by atoms with Crippen LogP contribution in [0.3, 0.4) is 0 Å². The van der Waals surface area contributed by atoms with E-state index in [1.807, 2.05) is 13.8 Å². The normalized spacial score (nSPS) is 28.2. The van der Waals surface area contributed by atoms with Crippen molar-refractivity contribution in [3.8, 4) is 0 Å². The number of piperidine rings is 1. The number of nitrogens with one attached hydrogen (secondary N) is 1. The van der Waals surface area contributed by atoms with Crippen LogP contribution in [-0.2, 0) is 19.1 Å². The number of carbonyl (C=O) groups excluding carboxylic acids is 3. The highest BCUT2D eigenvalue weighted by Crippen LogP contribution is 2.65. The number of fused-ring (bicyclic) bond motifs is 1. The molecule has 2 rings (SSSR count). The second-order valence-electron chi connectivity index (χ2n) is 8.68. The summed E-state index contributed by atoms with van der Waals surface area (Å²) in [5.74, 6) is -3.49. The lowest BCUT2D eigenvalue weighted by Gasteiger charge is -2.37. The summed E-state index contributed by atoms with van der Waals surface area (Å²) < 4.78 is 42.8. The van der Waals surface area contributed by atoms with Gasteiger partial charge in [0.15, 0.2) is 0 Å². The van der Waals surface area contributed by atoms with Crippen molar-refractivity contribution in [2.24, 2.45) is 22.7 Å². The Labute approximate surface area is 150 Å². The molecule has 148 valence electrons. The van der Waals surface area contributed by atoms with Crippen LogP contribution < -0.4 is 5.32 Å². The van der Waals surface area contributed by atoms with Crippen LogP contribution in [0.1, 0.15) is 34.6 Å². The predicted molar refractivity (Wildman–Crippen MR) is 85.7 cm³/mol. The highest BCUT2D eigenvalue weighted by Gasteiger charge is 2.70. The van der Waals surface area contributed by atoms with Crippen molar-refractivity contribution < 1.29 is 32.3 Å². The average Bonchev–Trinajstić information content (AvgIpc) is 2.85. The summed E-state index contributed by atoms with van der Waals surface area (Å²) in [6.45, 7) is 8.88. The monoisotopic (exact) mass is 378 g/mol. The molecule has 1 saturated carbocycles. The van der Waals surface area contributed by atoms with E-state index >= 15 is 0 Å². The summed E-state index contributed by atoms with van der Waals surface area (Å²) in [7, 11) is 1.21. The highest BCUT2D eigenvalue weighted by atomic mass is 19.4. The molecular weight excluding hydrogens is 353 g/mol. The second-order valence-corrected chi connectivity index (χ2v) is 8.68. The van der Waals surface area contributed by atoms with E-state index in [4.69, 9.17) is 4.74 Å². The van der Waals surface area contributed by atoms with Crippen LogP contribution >= 0.6 is 0 Å². The number of methoxy groups -OCH3 is 1. The first-order chi connectivity index (χ1) is 11.6. The number of carbonyl (C=O) groups is 3. The number of hydrogen-bond acceptors (Lipinski definition) is 4. The van der Waals surface area contributed by atoms with E-state index in [1.54, 1.807) is 26.1 Å². The first-order valence-corrected chi connectivity index (χ1v) is 8.40. The number of rotatable bonds is 3. The zero-order chi connectivity index (χ0) is 20.2. The van der Waals surface area contributed by atoms with E-state index in [9.17, 15) is 27.6 Å². The summed E-state index contributed by atoms with van der Waals surface area (Å²) in [5.41, 5.74) is -1.11. The van der Waals surface area contributed by atoms with Crippen LogP contribution in [0.2, 0.25) is 0 Å². The molecule has 26 heavy (non-hydrogen) atoms. The zero-order valence-electron chi connectivity index (χ0n) is 15.7. The molecule has 4 atom stereocenters. The molecule has 0 bridgehead atoms. The lowest BCUT2D eigenvalue weighted by Crippen LogP contribution is -2.59. The summed E-state index contributed by atoms with van der Waals surface area (Å²) in [5, 5.41) is 1.79. The van der Waals surface area contributed by atoms with Gasteiger partial charge in [-0.05, 0) is 16.7 Å². The van der Waals surface area contributed by atoms with Crippen LogP contribution in [0.25, 0.3) is 0 Å². The Morgan fingerprint density at radius 1 is 1.19 bits per heavy atom. The summed E-state index contributed by atoms with van der Waals surface area (Å²) in [4.78, 5) is 37.9. The SMILES string of the molecule is COC(=O)C1C2[C@H](CN1C(=O)[C@@H](NC(=O)C(F)(F)F)C(C)(C)C)C2(C)C. The van der Waals surface area contributed by atoms with Gasteiger partial charge in [0.2, 0.25) is 5.91 Å². The van der Waals surface area contributed by atoms with E-state index in [0.29, 0.717) is 0 Å². The number of likely N-dealkylation sites (tertiary alicyclic amines) is 1. The molecule has 1 saturated heterocycles. The molecule has 1 heterocycles. The molecule has 6 nitrogen and oxygen atoms in total. The van der Waals surface area contributed by atoms with Crippen LogP contribution in [0.5, 0.6) is 0 Å². The smallest absolute Gasteiger partial charge is 0.467 e. The molecule has 0 spiro atoms. The molecule has 1 aliphatic carbocycles. The minimum Gasteiger partial charge on any atom is -0.467 e. The van der Waals surface area contributed by atoms with Gasteiger partial charge in [0.05, 0.1) is 7.11 Å². The van der Waals surface area contributed by atoms with Crippen molar-refractivity contribution in [3.63, 3.8) is 0 Å². The minimum atomic E-state index is -5.10.